The Labute approximate surface area is 159 Å². The number of halogens is 3. The van der Waals surface area contributed by atoms with E-state index in [0.29, 0.717) is 13.0 Å². The number of aromatic nitrogens is 1. The predicted octanol–water partition coefficient (Wildman–Crippen LogP) is 4.45. The first kappa shape index (κ1) is 19.2. The van der Waals surface area contributed by atoms with E-state index in [0.717, 1.165) is 34.7 Å². The highest BCUT2D eigenvalue weighted by Gasteiger charge is 2.30. The molecule has 3 aromatic rings. The number of benzene rings is 2. The molecule has 1 amide bonds. The van der Waals surface area contributed by atoms with Gasteiger partial charge in [-0.25, -0.2) is 0 Å². The van der Waals surface area contributed by atoms with Crippen molar-refractivity contribution in [3.63, 3.8) is 0 Å². The fourth-order valence-electron chi connectivity index (χ4n) is 2.86. The third kappa shape index (κ3) is 4.41. The molecule has 0 bridgehead atoms. The lowest BCUT2D eigenvalue weighted by Gasteiger charge is -2.07. The van der Waals surface area contributed by atoms with E-state index in [4.69, 9.17) is 0 Å². The zero-order chi connectivity index (χ0) is 20.1. The molecule has 3 rings (SSSR count). The molecule has 2 N–H and O–H groups in total. The van der Waals surface area contributed by atoms with Crippen LogP contribution in [0, 0.1) is 11.3 Å². The third-order valence-electron chi connectivity index (χ3n) is 4.24. The third-order valence-corrected chi connectivity index (χ3v) is 4.24. The summed E-state index contributed by atoms with van der Waals surface area (Å²) in [5.41, 5.74) is 1.07. The zero-order valence-electron chi connectivity index (χ0n) is 14.7. The van der Waals surface area contributed by atoms with E-state index in [9.17, 15) is 23.2 Å². The molecule has 0 atom stereocenters. The van der Waals surface area contributed by atoms with E-state index in [1.807, 2.05) is 30.5 Å². The van der Waals surface area contributed by atoms with E-state index >= 15 is 0 Å². The first-order valence-corrected chi connectivity index (χ1v) is 8.51. The minimum atomic E-state index is -4.49. The van der Waals surface area contributed by atoms with Crippen LogP contribution in [-0.2, 0) is 17.4 Å². The minimum absolute atomic E-state index is 0.137. The second-order valence-corrected chi connectivity index (χ2v) is 6.16. The first-order valence-electron chi connectivity index (χ1n) is 8.51. The number of alkyl halides is 3. The van der Waals surface area contributed by atoms with Crippen LogP contribution in [0.1, 0.15) is 16.7 Å². The maximum absolute atomic E-state index is 12.8. The van der Waals surface area contributed by atoms with Gasteiger partial charge in [-0.3, -0.25) is 4.79 Å². The van der Waals surface area contributed by atoms with Crippen molar-refractivity contribution in [2.75, 3.05) is 6.54 Å². The molecular formula is C21H16F3N3O. The fourth-order valence-corrected chi connectivity index (χ4v) is 2.86. The van der Waals surface area contributed by atoms with Crippen LogP contribution in [0.2, 0.25) is 0 Å². The van der Waals surface area contributed by atoms with Crippen LogP contribution in [0.15, 0.2) is 60.3 Å². The van der Waals surface area contributed by atoms with E-state index in [2.05, 4.69) is 10.3 Å². The van der Waals surface area contributed by atoms with Crippen molar-refractivity contribution >= 4 is 22.9 Å². The van der Waals surface area contributed by atoms with Crippen molar-refractivity contribution in [1.29, 1.82) is 5.26 Å². The summed E-state index contributed by atoms with van der Waals surface area (Å²) in [7, 11) is 0. The molecule has 0 radical (unpaired) electrons. The van der Waals surface area contributed by atoms with Crippen LogP contribution < -0.4 is 5.32 Å². The SMILES string of the molecule is N#C/C(=C/c1cccc(C(F)(F)F)c1)C(=O)NCCc1c[nH]c2ccccc12. The molecule has 1 aromatic heterocycles. The smallest absolute Gasteiger partial charge is 0.361 e. The molecule has 142 valence electrons. The summed E-state index contributed by atoms with van der Waals surface area (Å²) in [5.74, 6) is -0.625. The molecule has 0 aliphatic carbocycles. The molecule has 2 aromatic carbocycles. The van der Waals surface area contributed by atoms with Crippen LogP contribution >= 0.6 is 0 Å². The van der Waals surface area contributed by atoms with Crippen molar-refractivity contribution in [1.82, 2.24) is 10.3 Å². The van der Waals surface area contributed by atoms with Gasteiger partial charge < -0.3 is 10.3 Å². The predicted molar refractivity (Wildman–Crippen MR) is 100 cm³/mol. The summed E-state index contributed by atoms with van der Waals surface area (Å²) in [6, 6.07) is 14.0. The van der Waals surface area contributed by atoms with Crippen LogP contribution in [0.25, 0.3) is 17.0 Å². The van der Waals surface area contributed by atoms with Gasteiger partial charge >= 0.3 is 6.18 Å². The van der Waals surface area contributed by atoms with E-state index in [1.165, 1.54) is 12.1 Å². The fraction of sp³-hybridized carbons (Fsp3) is 0.143. The van der Waals surface area contributed by atoms with E-state index in [1.54, 1.807) is 6.07 Å². The van der Waals surface area contributed by atoms with Crippen molar-refractivity contribution < 1.29 is 18.0 Å². The van der Waals surface area contributed by atoms with Crippen molar-refractivity contribution in [3.8, 4) is 6.07 Å². The van der Waals surface area contributed by atoms with Crippen LogP contribution in [0.5, 0.6) is 0 Å². The lowest BCUT2D eigenvalue weighted by atomic mass is 10.1. The Balaban J connectivity index is 1.67. The van der Waals surface area contributed by atoms with E-state index in [-0.39, 0.29) is 11.1 Å². The molecule has 0 unspecified atom stereocenters. The average molecular weight is 383 g/mol. The number of nitrogens with zero attached hydrogens (tertiary/aromatic N) is 1. The summed E-state index contributed by atoms with van der Waals surface area (Å²) < 4.78 is 38.4. The number of rotatable bonds is 5. The number of carbonyl (C=O) groups is 1. The Morgan fingerprint density at radius 3 is 2.71 bits per heavy atom. The number of para-hydroxylation sites is 1. The van der Waals surface area contributed by atoms with Crippen molar-refractivity contribution in [2.45, 2.75) is 12.6 Å². The van der Waals surface area contributed by atoms with Gasteiger partial charge in [0.05, 0.1) is 5.56 Å². The number of H-pyrrole nitrogens is 1. The number of carbonyl (C=O) groups excluding carboxylic acids is 1. The Kier molecular flexibility index (Phi) is 5.50. The quantitative estimate of drug-likeness (QED) is 0.505. The van der Waals surface area contributed by atoms with Gasteiger partial charge in [0.1, 0.15) is 11.6 Å². The maximum Gasteiger partial charge on any atom is 0.416 e. The standard InChI is InChI=1S/C21H16F3N3O/c22-21(23,24)17-5-3-4-14(11-17)10-16(12-25)20(28)26-9-8-15-13-27-19-7-2-1-6-18(15)19/h1-7,10-11,13,27H,8-9H2,(H,26,28)/b16-10-. The van der Waals surface area contributed by atoms with Gasteiger partial charge in [0.25, 0.3) is 5.91 Å². The zero-order valence-corrected chi connectivity index (χ0v) is 14.7. The lowest BCUT2D eigenvalue weighted by Crippen LogP contribution is -2.26. The molecule has 0 aliphatic heterocycles. The molecule has 7 heteroatoms. The van der Waals surface area contributed by atoms with Crippen LogP contribution in [0.3, 0.4) is 0 Å². The average Bonchev–Trinajstić information content (AvgIpc) is 3.09. The van der Waals surface area contributed by atoms with Gasteiger partial charge in [-0.15, -0.1) is 0 Å². The Hall–Kier alpha value is -3.53. The summed E-state index contributed by atoms with van der Waals surface area (Å²) >= 11 is 0. The highest BCUT2D eigenvalue weighted by Crippen LogP contribution is 2.30. The summed E-state index contributed by atoms with van der Waals surface area (Å²) in [6.45, 7) is 0.294. The second-order valence-electron chi connectivity index (χ2n) is 6.16. The number of amides is 1. The maximum atomic E-state index is 12.8. The Bertz CT molecular complexity index is 1070. The Morgan fingerprint density at radius 1 is 1.18 bits per heavy atom. The highest BCUT2D eigenvalue weighted by molar-refractivity contribution is 6.01. The van der Waals surface area contributed by atoms with Gasteiger partial charge in [0, 0.05) is 23.6 Å². The molecule has 0 saturated carbocycles. The number of nitriles is 1. The second kappa shape index (κ2) is 8.01. The largest absolute Gasteiger partial charge is 0.416 e. The molecule has 0 spiro atoms. The molecule has 0 aliphatic rings. The molecule has 0 saturated heterocycles. The molecule has 1 heterocycles. The van der Waals surface area contributed by atoms with Crippen molar-refractivity contribution in [2.24, 2.45) is 0 Å². The minimum Gasteiger partial charge on any atom is -0.361 e. The number of nitrogens with one attached hydrogen (secondary N) is 2. The van der Waals surface area contributed by atoms with Gasteiger partial charge in [-0.1, -0.05) is 30.3 Å². The molecule has 28 heavy (non-hydrogen) atoms. The topological polar surface area (TPSA) is 68.7 Å². The number of hydrogen-bond acceptors (Lipinski definition) is 2. The van der Waals surface area contributed by atoms with Gasteiger partial charge in [-0.2, -0.15) is 18.4 Å². The highest BCUT2D eigenvalue weighted by atomic mass is 19.4. The van der Waals surface area contributed by atoms with Gasteiger partial charge in [0.2, 0.25) is 0 Å². The Morgan fingerprint density at radius 2 is 1.96 bits per heavy atom. The van der Waals surface area contributed by atoms with Crippen LogP contribution in [0.4, 0.5) is 13.2 Å². The molecule has 0 fully saturated rings. The van der Waals surface area contributed by atoms with Gasteiger partial charge in [0.15, 0.2) is 0 Å². The number of hydrogen-bond donors (Lipinski definition) is 2. The number of aromatic amines is 1. The van der Waals surface area contributed by atoms with E-state index < -0.39 is 17.6 Å². The molecular weight excluding hydrogens is 367 g/mol. The monoisotopic (exact) mass is 383 g/mol. The summed E-state index contributed by atoms with van der Waals surface area (Å²) in [4.78, 5) is 15.4. The van der Waals surface area contributed by atoms with Gasteiger partial charge in [-0.05, 0) is 41.8 Å². The molecule has 4 nitrogen and oxygen atoms in total. The summed E-state index contributed by atoms with van der Waals surface area (Å²) in [6.07, 6.45) is -0.924. The number of fused-ring (bicyclic) bond motifs is 1. The summed E-state index contributed by atoms with van der Waals surface area (Å²) in [5, 5.41) is 12.9. The normalized spacial score (nSPS) is 12.0. The lowest BCUT2D eigenvalue weighted by molar-refractivity contribution is -0.137. The first-order chi connectivity index (χ1) is 13.4. The van der Waals surface area contributed by atoms with Crippen molar-refractivity contribution in [3.05, 3.63) is 77.0 Å². The van der Waals surface area contributed by atoms with Crippen LogP contribution in [-0.4, -0.2) is 17.4 Å².